The summed E-state index contributed by atoms with van der Waals surface area (Å²) in [6.45, 7) is 0. The average Bonchev–Trinajstić information content (AvgIpc) is 2.56. The Morgan fingerprint density at radius 2 is 1.75 bits per heavy atom. The minimum atomic E-state index is 0.787. The Balaban J connectivity index is 1.85. The maximum absolute atomic E-state index is 4.21. The van der Waals surface area contributed by atoms with Crippen molar-refractivity contribution < 1.29 is 0 Å². The average molecular weight is 283 g/mol. The molecule has 0 saturated heterocycles. The number of pyridine rings is 1. The molecule has 1 nitrogen and oxygen atoms in total. The van der Waals surface area contributed by atoms with Gasteiger partial charge in [-0.1, -0.05) is 43.5 Å². The smallest absolute Gasteiger partial charge is 0.0410 e. The molecule has 1 aliphatic carbocycles. The Kier molecular flexibility index (Phi) is 4.41. The second kappa shape index (κ2) is 6.45. The maximum Gasteiger partial charge on any atom is 0.0410 e. The van der Waals surface area contributed by atoms with E-state index >= 15 is 0 Å². The van der Waals surface area contributed by atoms with Crippen LogP contribution in [0.15, 0.2) is 47.6 Å². The van der Waals surface area contributed by atoms with Gasteiger partial charge in [-0.15, -0.1) is 11.8 Å². The molecule has 0 N–H and O–H groups in total. The van der Waals surface area contributed by atoms with E-state index in [9.17, 15) is 0 Å². The standard InChI is InChI=1S/C18H21NS/c1-20-18-13-19-12-11-17(18)16-9-7-15(8-10-16)14-5-3-2-4-6-14/h7-14H,2-6H2,1H3. The number of nitrogens with zero attached hydrogens (tertiary/aromatic N) is 1. The van der Waals surface area contributed by atoms with Gasteiger partial charge in [0.05, 0.1) is 0 Å². The third-order valence-electron chi connectivity index (χ3n) is 4.30. The Hall–Kier alpha value is -1.28. The zero-order chi connectivity index (χ0) is 13.8. The van der Waals surface area contributed by atoms with Crippen LogP contribution in [0.1, 0.15) is 43.6 Å². The van der Waals surface area contributed by atoms with Crippen LogP contribution in [0.5, 0.6) is 0 Å². The molecule has 1 aliphatic rings. The summed E-state index contributed by atoms with van der Waals surface area (Å²) in [6.07, 6.45) is 12.9. The molecule has 104 valence electrons. The third kappa shape index (κ3) is 2.90. The molecule has 20 heavy (non-hydrogen) atoms. The van der Waals surface area contributed by atoms with Crippen LogP contribution in [0.2, 0.25) is 0 Å². The maximum atomic E-state index is 4.21. The van der Waals surface area contributed by atoms with E-state index in [4.69, 9.17) is 0 Å². The van der Waals surface area contributed by atoms with E-state index in [0.29, 0.717) is 0 Å². The van der Waals surface area contributed by atoms with E-state index in [1.54, 1.807) is 11.8 Å². The highest BCUT2D eigenvalue weighted by molar-refractivity contribution is 7.98. The number of rotatable bonds is 3. The molecule has 0 radical (unpaired) electrons. The molecule has 1 aromatic carbocycles. The topological polar surface area (TPSA) is 12.9 Å². The van der Waals surface area contributed by atoms with E-state index in [0.717, 1.165) is 5.92 Å². The van der Waals surface area contributed by atoms with Crippen LogP contribution < -0.4 is 0 Å². The summed E-state index contributed by atoms with van der Waals surface area (Å²) in [5.41, 5.74) is 4.12. The van der Waals surface area contributed by atoms with Gasteiger partial charge in [0.25, 0.3) is 0 Å². The van der Waals surface area contributed by atoms with Gasteiger partial charge in [-0.2, -0.15) is 0 Å². The molecule has 2 aromatic rings. The van der Waals surface area contributed by atoms with Gasteiger partial charge in [0.2, 0.25) is 0 Å². The molecule has 1 aromatic heterocycles. The SMILES string of the molecule is CSc1cnccc1-c1ccc(C2CCCCC2)cc1. The summed E-state index contributed by atoms with van der Waals surface area (Å²) >= 11 is 1.76. The van der Waals surface area contributed by atoms with Gasteiger partial charge in [0.1, 0.15) is 0 Å². The predicted molar refractivity (Wildman–Crippen MR) is 87.3 cm³/mol. The van der Waals surface area contributed by atoms with E-state index in [2.05, 4.69) is 41.6 Å². The number of thioether (sulfide) groups is 1. The van der Waals surface area contributed by atoms with Crippen molar-refractivity contribution in [2.75, 3.05) is 6.26 Å². The summed E-state index contributed by atoms with van der Waals surface area (Å²) in [4.78, 5) is 5.46. The molecular formula is C18H21NS. The number of hydrogen-bond donors (Lipinski definition) is 0. The lowest BCUT2D eigenvalue weighted by Gasteiger charge is -2.22. The van der Waals surface area contributed by atoms with Gasteiger partial charge < -0.3 is 0 Å². The van der Waals surface area contributed by atoms with Gasteiger partial charge in [-0.25, -0.2) is 0 Å². The molecule has 0 amide bonds. The molecule has 1 saturated carbocycles. The Morgan fingerprint density at radius 1 is 1.00 bits per heavy atom. The minimum Gasteiger partial charge on any atom is -0.264 e. The van der Waals surface area contributed by atoms with Gasteiger partial charge in [-0.05, 0) is 47.8 Å². The second-order valence-electron chi connectivity index (χ2n) is 5.53. The van der Waals surface area contributed by atoms with Gasteiger partial charge in [0.15, 0.2) is 0 Å². The number of hydrogen-bond acceptors (Lipinski definition) is 2. The lowest BCUT2D eigenvalue weighted by molar-refractivity contribution is 0.443. The summed E-state index contributed by atoms with van der Waals surface area (Å²) in [6, 6.07) is 11.3. The molecule has 0 atom stereocenters. The van der Waals surface area contributed by atoms with Crippen molar-refractivity contribution in [3.8, 4) is 11.1 Å². The van der Waals surface area contributed by atoms with E-state index in [1.807, 2.05) is 12.4 Å². The Morgan fingerprint density at radius 3 is 2.45 bits per heavy atom. The highest BCUT2D eigenvalue weighted by atomic mass is 32.2. The van der Waals surface area contributed by atoms with Crippen LogP contribution >= 0.6 is 11.8 Å². The fourth-order valence-electron chi connectivity index (χ4n) is 3.15. The number of benzene rings is 1. The summed E-state index contributed by atoms with van der Waals surface area (Å²) in [7, 11) is 0. The Bertz CT molecular complexity index is 556. The highest BCUT2D eigenvalue weighted by Gasteiger charge is 2.15. The molecule has 1 heterocycles. The van der Waals surface area contributed by atoms with E-state index in [1.165, 1.54) is 53.7 Å². The normalized spacial score (nSPS) is 16.2. The molecular weight excluding hydrogens is 262 g/mol. The molecule has 1 fully saturated rings. The van der Waals surface area contributed by atoms with Crippen LogP contribution in [-0.4, -0.2) is 11.2 Å². The molecule has 3 rings (SSSR count). The van der Waals surface area contributed by atoms with E-state index < -0.39 is 0 Å². The first kappa shape index (κ1) is 13.7. The van der Waals surface area contributed by atoms with Gasteiger partial charge >= 0.3 is 0 Å². The molecule has 0 bridgehead atoms. The van der Waals surface area contributed by atoms with Crippen LogP contribution in [-0.2, 0) is 0 Å². The van der Waals surface area contributed by atoms with Gasteiger partial charge in [0, 0.05) is 17.3 Å². The van der Waals surface area contributed by atoms with Crippen molar-refractivity contribution in [1.29, 1.82) is 0 Å². The predicted octanol–water partition coefficient (Wildman–Crippen LogP) is 5.52. The van der Waals surface area contributed by atoms with Crippen molar-refractivity contribution in [2.45, 2.75) is 42.9 Å². The number of aromatic nitrogens is 1. The quantitative estimate of drug-likeness (QED) is 0.688. The van der Waals surface area contributed by atoms with Crippen LogP contribution in [0.4, 0.5) is 0 Å². The summed E-state index contributed by atoms with van der Waals surface area (Å²) in [5, 5.41) is 0. The van der Waals surface area contributed by atoms with Crippen LogP contribution in [0.3, 0.4) is 0 Å². The fourth-order valence-corrected chi connectivity index (χ4v) is 3.72. The van der Waals surface area contributed by atoms with Crippen molar-refractivity contribution in [1.82, 2.24) is 4.98 Å². The molecule has 0 spiro atoms. The Labute approximate surface area is 125 Å². The lowest BCUT2D eigenvalue weighted by Crippen LogP contribution is -2.04. The summed E-state index contributed by atoms with van der Waals surface area (Å²) < 4.78 is 0. The van der Waals surface area contributed by atoms with Crippen molar-refractivity contribution in [3.63, 3.8) is 0 Å². The highest BCUT2D eigenvalue weighted by Crippen LogP contribution is 2.34. The zero-order valence-corrected chi connectivity index (χ0v) is 12.8. The van der Waals surface area contributed by atoms with Crippen LogP contribution in [0.25, 0.3) is 11.1 Å². The lowest BCUT2D eigenvalue weighted by atomic mass is 9.84. The van der Waals surface area contributed by atoms with Crippen molar-refractivity contribution >= 4 is 11.8 Å². The van der Waals surface area contributed by atoms with Crippen LogP contribution in [0, 0.1) is 0 Å². The summed E-state index contributed by atoms with van der Waals surface area (Å²) in [5.74, 6) is 0.787. The monoisotopic (exact) mass is 283 g/mol. The third-order valence-corrected chi connectivity index (χ3v) is 5.07. The zero-order valence-electron chi connectivity index (χ0n) is 12.0. The van der Waals surface area contributed by atoms with Gasteiger partial charge in [-0.3, -0.25) is 4.98 Å². The fraction of sp³-hybridized carbons (Fsp3) is 0.389. The minimum absolute atomic E-state index is 0.787. The first-order chi connectivity index (χ1) is 9.88. The molecule has 0 unspecified atom stereocenters. The molecule has 0 aliphatic heterocycles. The largest absolute Gasteiger partial charge is 0.264 e. The first-order valence-corrected chi connectivity index (χ1v) is 8.69. The molecule has 2 heteroatoms. The van der Waals surface area contributed by atoms with Crippen molar-refractivity contribution in [3.05, 3.63) is 48.3 Å². The first-order valence-electron chi connectivity index (χ1n) is 7.47. The van der Waals surface area contributed by atoms with Crippen molar-refractivity contribution in [2.24, 2.45) is 0 Å². The van der Waals surface area contributed by atoms with E-state index in [-0.39, 0.29) is 0 Å². The second-order valence-corrected chi connectivity index (χ2v) is 6.38.